The number of halogens is 3. The van der Waals surface area contributed by atoms with Crippen LogP contribution in [0.5, 0.6) is 11.5 Å². The van der Waals surface area contributed by atoms with E-state index >= 15 is 0 Å². The molecule has 2 aromatic rings. The molecule has 3 N–H and O–H groups in total. The van der Waals surface area contributed by atoms with Crippen LogP contribution >= 0.6 is 51.5 Å². The van der Waals surface area contributed by atoms with E-state index in [9.17, 15) is 0 Å². The number of ether oxygens (including phenoxy) is 2. The van der Waals surface area contributed by atoms with Crippen LogP contribution in [0.3, 0.4) is 0 Å². The molecule has 2 rings (SSSR count). The van der Waals surface area contributed by atoms with E-state index in [2.05, 4.69) is 26.2 Å². The van der Waals surface area contributed by atoms with Gasteiger partial charge in [-0.25, -0.2) is 4.99 Å². The van der Waals surface area contributed by atoms with Gasteiger partial charge in [0.15, 0.2) is 5.96 Å². The van der Waals surface area contributed by atoms with Gasteiger partial charge in [-0.05, 0) is 36.4 Å². The third-order valence-corrected chi connectivity index (χ3v) is 3.65. The van der Waals surface area contributed by atoms with Gasteiger partial charge in [0.1, 0.15) is 18.1 Å². The van der Waals surface area contributed by atoms with Crippen molar-refractivity contribution < 1.29 is 9.47 Å². The Morgan fingerprint density at radius 2 is 2.08 bits per heavy atom. The van der Waals surface area contributed by atoms with E-state index in [4.69, 9.17) is 26.8 Å². The number of hydrogen-bond donors (Lipinski definition) is 2. The zero-order valence-electron chi connectivity index (χ0n) is 13.0. The second-order valence-corrected chi connectivity index (χ2v) is 5.87. The first-order chi connectivity index (χ1) is 11.1. The third kappa shape index (κ3) is 6.74. The molecule has 0 amide bonds. The van der Waals surface area contributed by atoms with Crippen LogP contribution < -0.4 is 20.5 Å². The van der Waals surface area contributed by atoms with Crippen LogP contribution in [0.15, 0.2) is 51.9 Å². The van der Waals surface area contributed by atoms with Gasteiger partial charge in [0.05, 0.1) is 18.7 Å². The molecule has 8 heteroatoms. The lowest BCUT2D eigenvalue weighted by Gasteiger charge is -2.09. The van der Waals surface area contributed by atoms with Crippen LogP contribution in [0, 0.1) is 0 Å². The topological polar surface area (TPSA) is 68.9 Å². The van der Waals surface area contributed by atoms with Crippen LogP contribution in [0.4, 0.5) is 5.69 Å². The number of nitrogens with zero attached hydrogens (tertiary/aromatic N) is 1. The van der Waals surface area contributed by atoms with Crippen molar-refractivity contribution >= 4 is 63.2 Å². The Kier molecular flexibility index (Phi) is 9.24. The van der Waals surface area contributed by atoms with Crippen LogP contribution in [0.25, 0.3) is 0 Å². The Bertz CT molecular complexity index is 701. The standard InChI is InChI=1S/C16H17BrClN3O2.HI/c1-22-15-6-5-12(10-14(15)18)21-16(19)20-7-8-23-13-4-2-3-11(17)9-13;/h2-6,9-10H,7-8H2,1H3,(H3,19,20,21);1H. The highest BCUT2D eigenvalue weighted by atomic mass is 127. The SMILES string of the molecule is COc1ccc(NC(N)=NCCOc2cccc(Br)c2)cc1Cl.I. The highest BCUT2D eigenvalue weighted by Gasteiger charge is 2.02. The first kappa shape index (κ1) is 20.9. The quantitative estimate of drug-likeness (QED) is 0.251. The van der Waals surface area contributed by atoms with Crippen LogP contribution in [-0.4, -0.2) is 26.2 Å². The van der Waals surface area contributed by atoms with E-state index in [-0.39, 0.29) is 24.0 Å². The minimum Gasteiger partial charge on any atom is -0.495 e. The van der Waals surface area contributed by atoms with E-state index in [1.54, 1.807) is 19.2 Å². The zero-order chi connectivity index (χ0) is 16.7. The number of rotatable bonds is 6. The van der Waals surface area contributed by atoms with E-state index in [1.165, 1.54) is 0 Å². The van der Waals surface area contributed by atoms with Gasteiger partial charge in [-0.2, -0.15) is 0 Å². The van der Waals surface area contributed by atoms with Gasteiger partial charge in [0, 0.05) is 10.2 Å². The molecule has 0 fully saturated rings. The molecular weight excluding hydrogens is 508 g/mol. The minimum atomic E-state index is 0. The second-order valence-electron chi connectivity index (χ2n) is 4.55. The van der Waals surface area contributed by atoms with Gasteiger partial charge in [0.25, 0.3) is 0 Å². The third-order valence-electron chi connectivity index (χ3n) is 2.86. The Balaban J connectivity index is 0.00000288. The number of guanidine groups is 1. The van der Waals surface area contributed by atoms with Gasteiger partial charge in [-0.3, -0.25) is 0 Å². The van der Waals surface area contributed by atoms with Crippen LogP contribution in [-0.2, 0) is 0 Å². The number of anilines is 1. The smallest absolute Gasteiger partial charge is 0.193 e. The fourth-order valence-electron chi connectivity index (χ4n) is 1.82. The Morgan fingerprint density at radius 3 is 2.75 bits per heavy atom. The van der Waals surface area contributed by atoms with Gasteiger partial charge in [-0.15, -0.1) is 24.0 Å². The maximum absolute atomic E-state index is 6.05. The molecule has 5 nitrogen and oxygen atoms in total. The summed E-state index contributed by atoms with van der Waals surface area (Å²) in [6.07, 6.45) is 0. The second kappa shape index (κ2) is 10.6. The van der Waals surface area contributed by atoms with E-state index in [0.29, 0.717) is 29.9 Å². The molecule has 0 unspecified atom stereocenters. The lowest BCUT2D eigenvalue weighted by atomic mass is 10.3. The predicted molar refractivity (Wildman–Crippen MR) is 113 cm³/mol. The normalized spacial score (nSPS) is 10.7. The van der Waals surface area contributed by atoms with E-state index in [0.717, 1.165) is 15.9 Å². The average Bonchev–Trinajstić information content (AvgIpc) is 2.52. The number of nitrogens with two attached hydrogens (primary N) is 1. The number of hydrogen-bond acceptors (Lipinski definition) is 3. The minimum absolute atomic E-state index is 0. The summed E-state index contributed by atoms with van der Waals surface area (Å²) in [6.45, 7) is 0.872. The van der Waals surface area contributed by atoms with Gasteiger partial charge >= 0.3 is 0 Å². The summed E-state index contributed by atoms with van der Waals surface area (Å²) in [5.74, 6) is 1.68. The van der Waals surface area contributed by atoms with E-state index in [1.807, 2.05) is 30.3 Å². The average molecular weight is 527 g/mol. The molecule has 130 valence electrons. The molecule has 0 saturated heterocycles. The molecule has 24 heavy (non-hydrogen) atoms. The molecule has 2 aromatic carbocycles. The van der Waals surface area contributed by atoms with Gasteiger partial charge in [-0.1, -0.05) is 33.6 Å². The van der Waals surface area contributed by atoms with Gasteiger partial charge < -0.3 is 20.5 Å². The van der Waals surface area contributed by atoms with Crippen molar-refractivity contribution in [1.29, 1.82) is 0 Å². The van der Waals surface area contributed by atoms with Crippen molar-refractivity contribution in [2.75, 3.05) is 25.6 Å². The maximum atomic E-state index is 6.05. The van der Waals surface area contributed by atoms with Crippen LogP contribution in [0.1, 0.15) is 0 Å². The Morgan fingerprint density at radius 1 is 1.29 bits per heavy atom. The van der Waals surface area contributed by atoms with Crippen molar-refractivity contribution in [1.82, 2.24) is 0 Å². The lowest BCUT2D eigenvalue weighted by molar-refractivity contribution is 0.328. The molecule has 0 aromatic heterocycles. The molecule has 0 atom stereocenters. The molecular formula is C16H18BrClIN3O2. The van der Waals surface area contributed by atoms with Crippen molar-refractivity contribution in [3.63, 3.8) is 0 Å². The van der Waals surface area contributed by atoms with Gasteiger partial charge in [0.2, 0.25) is 0 Å². The van der Waals surface area contributed by atoms with Crippen molar-refractivity contribution in [2.45, 2.75) is 0 Å². The molecule has 0 spiro atoms. The Labute approximate surface area is 171 Å². The van der Waals surface area contributed by atoms with Crippen molar-refractivity contribution in [3.8, 4) is 11.5 Å². The zero-order valence-corrected chi connectivity index (χ0v) is 17.6. The molecule has 0 heterocycles. The fourth-order valence-corrected chi connectivity index (χ4v) is 2.45. The van der Waals surface area contributed by atoms with E-state index < -0.39 is 0 Å². The fraction of sp³-hybridized carbons (Fsp3) is 0.188. The molecule has 0 bridgehead atoms. The lowest BCUT2D eigenvalue weighted by Crippen LogP contribution is -2.23. The summed E-state index contributed by atoms with van der Waals surface area (Å²) in [5.41, 5.74) is 6.57. The first-order valence-corrected chi connectivity index (χ1v) is 8.04. The summed E-state index contributed by atoms with van der Waals surface area (Å²) in [4.78, 5) is 4.20. The molecule has 0 saturated carbocycles. The summed E-state index contributed by atoms with van der Waals surface area (Å²) < 4.78 is 11.6. The van der Waals surface area contributed by atoms with Crippen molar-refractivity contribution in [2.24, 2.45) is 10.7 Å². The van der Waals surface area contributed by atoms with Crippen LogP contribution in [0.2, 0.25) is 5.02 Å². The number of aliphatic imine (C=N–C) groups is 1. The maximum Gasteiger partial charge on any atom is 0.193 e. The molecule has 0 aliphatic rings. The number of nitrogens with one attached hydrogen (secondary N) is 1. The summed E-state index contributed by atoms with van der Waals surface area (Å²) in [7, 11) is 1.56. The largest absolute Gasteiger partial charge is 0.495 e. The first-order valence-electron chi connectivity index (χ1n) is 6.87. The van der Waals surface area contributed by atoms with Crippen molar-refractivity contribution in [3.05, 3.63) is 52.0 Å². The molecule has 0 radical (unpaired) electrons. The molecule has 0 aliphatic carbocycles. The molecule has 0 aliphatic heterocycles. The summed E-state index contributed by atoms with van der Waals surface area (Å²) >= 11 is 9.44. The highest BCUT2D eigenvalue weighted by molar-refractivity contribution is 14.0. The summed E-state index contributed by atoms with van der Waals surface area (Å²) in [5, 5.41) is 3.47. The highest BCUT2D eigenvalue weighted by Crippen LogP contribution is 2.27. The number of methoxy groups -OCH3 is 1. The Hall–Kier alpha value is -1.19. The number of benzene rings is 2. The predicted octanol–water partition coefficient (Wildman–Crippen LogP) is 4.53. The monoisotopic (exact) mass is 525 g/mol. The summed E-state index contributed by atoms with van der Waals surface area (Å²) in [6, 6.07) is 12.9.